The zero-order valence-electron chi connectivity index (χ0n) is 12.4. The van der Waals surface area contributed by atoms with Crippen molar-refractivity contribution in [2.24, 2.45) is 15.5 Å². The standard InChI is InChI=1S/C19H15N4/c1-4-10-16(11-5-1)19(17-12-6-2-7-13-17)20-22-23(21-19)18-14-8-3-9-15-18/h1-15H/q+1. The summed E-state index contributed by atoms with van der Waals surface area (Å²) in [7, 11) is 0. The first-order valence-electron chi connectivity index (χ1n) is 7.50. The molecule has 0 spiro atoms. The van der Waals surface area contributed by atoms with E-state index in [2.05, 4.69) is 10.3 Å². The van der Waals surface area contributed by atoms with Gasteiger partial charge in [-0.25, -0.2) is 0 Å². The van der Waals surface area contributed by atoms with E-state index in [-0.39, 0.29) is 0 Å². The minimum absolute atomic E-state index is 0.835. The highest BCUT2D eigenvalue weighted by molar-refractivity contribution is 5.38. The predicted molar refractivity (Wildman–Crippen MR) is 87.3 cm³/mol. The summed E-state index contributed by atoms with van der Waals surface area (Å²) in [5.41, 5.74) is 2.05. The molecule has 0 saturated heterocycles. The van der Waals surface area contributed by atoms with Gasteiger partial charge in [0.2, 0.25) is 0 Å². The van der Waals surface area contributed by atoms with Gasteiger partial charge < -0.3 is 0 Å². The lowest BCUT2D eigenvalue weighted by atomic mass is 9.93. The van der Waals surface area contributed by atoms with Gasteiger partial charge in [0.05, 0.1) is 5.11 Å². The van der Waals surface area contributed by atoms with Crippen LogP contribution in [0.4, 0.5) is 5.69 Å². The first kappa shape index (κ1) is 13.5. The minimum atomic E-state index is -0.835. The second-order valence-corrected chi connectivity index (χ2v) is 5.32. The Bertz CT molecular complexity index is 816. The van der Waals surface area contributed by atoms with Crippen molar-refractivity contribution < 1.29 is 4.81 Å². The maximum absolute atomic E-state index is 4.83. The summed E-state index contributed by atoms with van der Waals surface area (Å²) in [4.78, 5) is 1.60. The molecule has 0 unspecified atom stereocenters. The zero-order valence-corrected chi connectivity index (χ0v) is 12.4. The van der Waals surface area contributed by atoms with E-state index in [0.29, 0.717) is 0 Å². The van der Waals surface area contributed by atoms with Crippen LogP contribution in [0, 0.1) is 0 Å². The third kappa shape index (κ3) is 2.34. The van der Waals surface area contributed by atoms with Gasteiger partial charge in [-0.05, 0) is 17.2 Å². The molecule has 1 aliphatic rings. The predicted octanol–water partition coefficient (Wildman–Crippen LogP) is 5.06. The molecule has 0 bridgehead atoms. The lowest BCUT2D eigenvalue weighted by molar-refractivity contribution is -0.518. The summed E-state index contributed by atoms with van der Waals surface area (Å²) >= 11 is 0. The Balaban J connectivity index is 1.90. The molecule has 0 amide bonds. The molecule has 0 N–H and O–H groups in total. The first-order chi connectivity index (χ1) is 11.4. The first-order valence-corrected chi connectivity index (χ1v) is 7.50. The van der Waals surface area contributed by atoms with Crippen molar-refractivity contribution in [1.82, 2.24) is 0 Å². The van der Waals surface area contributed by atoms with Crippen molar-refractivity contribution in [3.63, 3.8) is 0 Å². The number of rotatable bonds is 3. The van der Waals surface area contributed by atoms with E-state index >= 15 is 0 Å². The van der Waals surface area contributed by atoms with E-state index in [4.69, 9.17) is 5.11 Å². The Morgan fingerprint density at radius 1 is 0.609 bits per heavy atom. The van der Waals surface area contributed by atoms with Crippen LogP contribution in [0.1, 0.15) is 11.1 Å². The van der Waals surface area contributed by atoms with Gasteiger partial charge in [-0.2, -0.15) is 0 Å². The Kier molecular flexibility index (Phi) is 3.27. The number of benzene rings is 3. The Hall–Kier alpha value is -3.14. The van der Waals surface area contributed by atoms with Gasteiger partial charge in [0.1, 0.15) is 0 Å². The number of para-hydroxylation sites is 1. The fourth-order valence-electron chi connectivity index (χ4n) is 2.69. The van der Waals surface area contributed by atoms with Crippen LogP contribution in [-0.4, -0.2) is 4.81 Å². The molecule has 4 rings (SSSR count). The number of hydrogen-bond donors (Lipinski definition) is 0. The molecular formula is C19H15N4+. The molecule has 1 aliphatic heterocycles. The van der Waals surface area contributed by atoms with E-state index in [1.807, 2.05) is 91.0 Å². The molecule has 4 heteroatoms. The molecule has 0 aliphatic carbocycles. The van der Waals surface area contributed by atoms with Crippen LogP contribution in [0.3, 0.4) is 0 Å². The average molecular weight is 299 g/mol. The lowest BCUT2D eigenvalue weighted by Gasteiger charge is -2.14. The highest BCUT2D eigenvalue weighted by Gasteiger charge is 2.48. The molecule has 0 radical (unpaired) electrons. The Labute approximate surface area is 134 Å². The highest BCUT2D eigenvalue weighted by Crippen LogP contribution is 2.40. The summed E-state index contributed by atoms with van der Waals surface area (Å²) < 4.78 is 0. The zero-order chi connectivity index (χ0) is 15.5. The molecular weight excluding hydrogens is 284 g/mol. The molecule has 3 aromatic carbocycles. The van der Waals surface area contributed by atoms with Gasteiger partial charge in [0.15, 0.2) is 10.9 Å². The molecule has 0 fully saturated rings. The highest BCUT2D eigenvalue weighted by atomic mass is 15.7. The number of nitrogens with zero attached hydrogens (tertiary/aromatic N) is 4. The lowest BCUT2D eigenvalue weighted by Crippen LogP contribution is -2.20. The van der Waals surface area contributed by atoms with Gasteiger partial charge in [0.25, 0.3) is 0 Å². The Morgan fingerprint density at radius 2 is 1.09 bits per heavy atom. The molecule has 0 saturated carbocycles. The van der Waals surface area contributed by atoms with Crippen LogP contribution >= 0.6 is 0 Å². The van der Waals surface area contributed by atoms with Gasteiger partial charge in [-0.1, -0.05) is 78.9 Å². The summed E-state index contributed by atoms with van der Waals surface area (Å²) in [5.74, 6) is 0. The monoisotopic (exact) mass is 299 g/mol. The molecule has 3 aromatic rings. The maximum Gasteiger partial charge on any atom is 0.354 e. The van der Waals surface area contributed by atoms with E-state index in [0.717, 1.165) is 16.8 Å². The number of azo groups is 1. The topological polar surface area (TPSA) is 40.1 Å². The van der Waals surface area contributed by atoms with Crippen molar-refractivity contribution >= 4 is 5.69 Å². The van der Waals surface area contributed by atoms with Crippen LogP contribution in [0.25, 0.3) is 0 Å². The largest absolute Gasteiger partial charge is 0.354 e. The normalized spacial score (nSPS) is 15.4. The van der Waals surface area contributed by atoms with Crippen LogP contribution in [0.5, 0.6) is 0 Å². The van der Waals surface area contributed by atoms with Crippen LogP contribution in [0.15, 0.2) is 106 Å². The second kappa shape index (κ2) is 5.57. The molecule has 0 atom stereocenters. The fourth-order valence-corrected chi connectivity index (χ4v) is 2.69. The molecule has 110 valence electrons. The number of hydrogen-bond acceptors (Lipinski definition) is 3. The van der Waals surface area contributed by atoms with Crippen molar-refractivity contribution in [1.29, 1.82) is 0 Å². The summed E-state index contributed by atoms with van der Waals surface area (Å²) in [5, 5.41) is 13.7. The van der Waals surface area contributed by atoms with E-state index in [1.54, 1.807) is 4.81 Å². The van der Waals surface area contributed by atoms with E-state index < -0.39 is 5.66 Å². The Morgan fingerprint density at radius 3 is 1.61 bits per heavy atom. The summed E-state index contributed by atoms with van der Waals surface area (Å²) in [6, 6.07) is 29.9. The third-order valence-corrected chi connectivity index (χ3v) is 3.85. The van der Waals surface area contributed by atoms with E-state index in [1.165, 1.54) is 0 Å². The second-order valence-electron chi connectivity index (χ2n) is 5.32. The van der Waals surface area contributed by atoms with Gasteiger partial charge in [-0.15, -0.1) is 0 Å². The molecule has 1 heterocycles. The summed E-state index contributed by atoms with van der Waals surface area (Å²) in [6.07, 6.45) is 0. The fraction of sp³-hybridized carbons (Fsp3) is 0.0526. The quantitative estimate of drug-likeness (QED) is 0.606. The minimum Gasteiger partial charge on any atom is -0.0622 e. The smallest absolute Gasteiger partial charge is 0.0622 e. The SMILES string of the molecule is c1ccc([N+]2=NC(c3ccccc3)(c3ccccc3)N=N2)cc1. The van der Waals surface area contributed by atoms with Gasteiger partial charge >= 0.3 is 5.66 Å². The van der Waals surface area contributed by atoms with Crippen LogP contribution in [-0.2, 0) is 5.66 Å². The van der Waals surface area contributed by atoms with Crippen molar-refractivity contribution in [2.75, 3.05) is 0 Å². The van der Waals surface area contributed by atoms with E-state index in [9.17, 15) is 0 Å². The molecule has 23 heavy (non-hydrogen) atoms. The van der Waals surface area contributed by atoms with Crippen molar-refractivity contribution in [3.8, 4) is 0 Å². The third-order valence-electron chi connectivity index (χ3n) is 3.85. The van der Waals surface area contributed by atoms with Gasteiger partial charge in [0, 0.05) is 15.9 Å². The van der Waals surface area contributed by atoms with Gasteiger partial charge in [-0.3, -0.25) is 0 Å². The van der Waals surface area contributed by atoms with Crippen molar-refractivity contribution in [2.45, 2.75) is 5.66 Å². The molecule has 0 aromatic heterocycles. The van der Waals surface area contributed by atoms with Crippen molar-refractivity contribution in [3.05, 3.63) is 102 Å². The molecule has 4 nitrogen and oxygen atoms in total. The van der Waals surface area contributed by atoms with Crippen LogP contribution in [0.2, 0.25) is 0 Å². The average Bonchev–Trinajstić information content (AvgIpc) is 3.11. The summed E-state index contributed by atoms with van der Waals surface area (Å²) in [6.45, 7) is 0. The van der Waals surface area contributed by atoms with Crippen LogP contribution < -0.4 is 0 Å². The maximum atomic E-state index is 4.83.